The Balaban J connectivity index is 2.16. The number of rotatable bonds is 2. The van der Waals surface area contributed by atoms with E-state index in [1.165, 1.54) is 0 Å². The zero-order valence-electron chi connectivity index (χ0n) is 10.2. The summed E-state index contributed by atoms with van der Waals surface area (Å²) in [4.78, 5) is 20.1. The molecule has 0 amide bonds. The summed E-state index contributed by atoms with van der Waals surface area (Å²) in [5.74, 6) is 0.577. The van der Waals surface area contributed by atoms with E-state index in [-0.39, 0.29) is 0 Å². The number of carbonyl (C=O) groups is 1. The molecule has 0 atom stereocenters. The SMILES string of the molecule is O=C(Cl)c1cccc2nc(-c3ccc(Cl)cc3)ncc12. The predicted molar refractivity (Wildman–Crippen MR) is 80.2 cm³/mol. The average Bonchev–Trinajstić information content (AvgIpc) is 2.46. The smallest absolute Gasteiger partial charge is 0.253 e. The van der Waals surface area contributed by atoms with Gasteiger partial charge in [-0.25, -0.2) is 9.97 Å². The molecule has 3 nitrogen and oxygen atoms in total. The Morgan fingerprint density at radius 3 is 2.50 bits per heavy atom. The fraction of sp³-hybridized carbons (Fsp3) is 0. The summed E-state index contributed by atoms with van der Waals surface area (Å²) in [6, 6.07) is 12.5. The summed E-state index contributed by atoms with van der Waals surface area (Å²) in [7, 11) is 0. The molecule has 0 saturated carbocycles. The van der Waals surface area contributed by atoms with Gasteiger partial charge in [0.2, 0.25) is 0 Å². The summed E-state index contributed by atoms with van der Waals surface area (Å²) in [6.45, 7) is 0. The molecule has 0 N–H and O–H groups in total. The molecule has 3 aromatic rings. The van der Waals surface area contributed by atoms with E-state index in [9.17, 15) is 4.79 Å². The summed E-state index contributed by atoms with van der Waals surface area (Å²) in [5.41, 5.74) is 1.95. The Labute approximate surface area is 125 Å². The number of carbonyl (C=O) groups excluding carboxylic acids is 1. The fourth-order valence-electron chi connectivity index (χ4n) is 1.96. The third-order valence-electron chi connectivity index (χ3n) is 2.94. The van der Waals surface area contributed by atoms with Crippen molar-refractivity contribution >= 4 is 39.3 Å². The second-order valence-corrected chi connectivity index (χ2v) is 4.99. The number of hydrogen-bond acceptors (Lipinski definition) is 3. The standard InChI is InChI=1S/C15H8Cl2N2O/c16-10-6-4-9(5-7-10)15-18-8-12-11(14(17)20)2-1-3-13(12)19-15/h1-8H. The molecule has 3 rings (SSSR count). The highest BCUT2D eigenvalue weighted by Crippen LogP contribution is 2.23. The van der Waals surface area contributed by atoms with Gasteiger partial charge in [0.25, 0.3) is 5.24 Å². The van der Waals surface area contributed by atoms with E-state index < -0.39 is 5.24 Å². The van der Waals surface area contributed by atoms with Gasteiger partial charge in [-0.2, -0.15) is 0 Å². The fourth-order valence-corrected chi connectivity index (χ4v) is 2.26. The van der Waals surface area contributed by atoms with E-state index in [1.807, 2.05) is 18.2 Å². The van der Waals surface area contributed by atoms with Crippen molar-refractivity contribution in [2.45, 2.75) is 0 Å². The Bertz CT molecular complexity index is 801. The third kappa shape index (κ3) is 2.38. The molecule has 20 heavy (non-hydrogen) atoms. The van der Waals surface area contributed by atoms with Gasteiger partial charge in [0, 0.05) is 27.7 Å². The molecule has 0 aliphatic rings. The Morgan fingerprint density at radius 1 is 1.05 bits per heavy atom. The van der Waals surface area contributed by atoms with Crippen LogP contribution in [0.3, 0.4) is 0 Å². The van der Waals surface area contributed by atoms with Crippen molar-refractivity contribution in [2.75, 3.05) is 0 Å². The van der Waals surface area contributed by atoms with Gasteiger partial charge in [0.1, 0.15) is 0 Å². The lowest BCUT2D eigenvalue weighted by molar-refractivity contribution is 0.108. The van der Waals surface area contributed by atoms with E-state index in [0.29, 0.717) is 27.3 Å². The minimum absolute atomic E-state index is 0.409. The largest absolute Gasteiger partial charge is 0.276 e. The number of benzene rings is 2. The van der Waals surface area contributed by atoms with Gasteiger partial charge in [-0.05, 0) is 48.0 Å². The number of halogens is 2. The first-order valence-electron chi connectivity index (χ1n) is 5.87. The zero-order valence-corrected chi connectivity index (χ0v) is 11.7. The Hall–Kier alpha value is -1.97. The van der Waals surface area contributed by atoms with Crippen LogP contribution in [0.4, 0.5) is 0 Å². The van der Waals surface area contributed by atoms with Gasteiger partial charge in [0.05, 0.1) is 5.52 Å². The molecule has 0 unspecified atom stereocenters. The molecule has 1 heterocycles. The van der Waals surface area contributed by atoms with Crippen molar-refractivity contribution in [1.29, 1.82) is 0 Å². The minimum Gasteiger partial charge on any atom is -0.276 e. The topological polar surface area (TPSA) is 42.9 Å². The van der Waals surface area contributed by atoms with Crippen molar-refractivity contribution < 1.29 is 4.79 Å². The second kappa shape index (κ2) is 5.19. The van der Waals surface area contributed by atoms with E-state index in [2.05, 4.69) is 9.97 Å². The molecule has 0 aliphatic heterocycles. The maximum Gasteiger partial charge on any atom is 0.253 e. The van der Waals surface area contributed by atoms with Gasteiger partial charge in [-0.3, -0.25) is 4.79 Å². The van der Waals surface area contributed by atoms with Crippen LogP contribution in [-0.4, -0.2) is 15.2 Å². The van der Waals surface area contributed by atoms with Gasteiger partial charge in [-0.1, -0.05) is 17.7 Å². The maximum absolute atomic E-state index is 11.3. The van der Waals surface area contributed by atoms with Crippen molar-refractivity contribution in [3.63, 3.8) is 0 Å². The van der Waals surface area contributed by atoms with Gasteiger partial charge in [0.15, 0.2) is 5.82 Å². The molecule has 1 aromatic heterocycles. The summed E-state index contributed by atoms with van der Waals surface area (Å²) in [5, 5.41) is 0.785. The molecule has 0 radical (unpaired) electrons. The Morgan fingerprint density at radius 2 is 1.80 bits per heavy atom. The van der Waals surface area contributed by atoms with Crippen LogP contribution < -0.4 is 0 Å². The summed E-state index contributed by atoms with van der Waals surface area (Å²) < 4.78 is 0. The summed E-state index contributed by atoms with van der Waals surface area (Å²) >= 11 is 11.4. The van der Waals surface area contributed by atoms with Crippen LogP contribution in [0.5, 0.6) is 0 Å². The first-order chi connectivity index (χ1) is 9.65. The summed E-state index contributed by atoms with van der Waals surface area (Å²) in [6.07, 6.45) is 1.61. The highest BCUT2D eigenvalue weighted by molar-refractivity contribution is 6.68. The molecule has 0 aliphatic carbocycles. The molecular weight excluding hydrogens is 295 g/mol. The van der Waals surface area contributed by atoms with Gasteiger partial charge in [-0.15, -0.1) is 0 Å². The Kier molecular flexibility index (Phi) is 3.38. The molecule has 0 spiro atoms. The number of hydrogen-bond donors (Lipinski definition) is 0. The number of fused-ring (bicyclic) bond motifs is 1. The highest BCUT2D eigenvalue weighted by atomic mass is 35.5. The van der Waals surface area contributed by atoms with Crippen LogP contribution in [0.25, 0.3) is 22.3 Å². The van der Waals surface area contributed by atoms with E-state index in [0.717, 1.165) is 5.56 Å². The monoisotopic (exact) mass is 302 g/mol. The quantitative estimate of drug-likeness (QED) is 0.662. The molecule has 5 heteroatoms. The van der Waals surface area contributed by atoms with Crippen LogP contribution >= 0.6 is 23.2 Å². The average molecular weight is 303 g/mol. The van der Waals surface area contributed by atoms with Crippen molar-refractivity contribution in [1.82, 2.24) is 9.97 Å². The van der Waals surface area contributed by atoms with Crippen LogP contribution in [0.1, 0.15) is 10.4 Å². The second-order valence-electron chi connectivity index (χ2n) is 4.21. The molecule has 0 fully saturated rings. The van der Waals surface area contributed by atoms with E-state index >= 15 is 0 Å². The number of nitrogens with zero attached hydrogens (tertiary/aromatic N) is 2. The van der Waals surface area contributed by atoms with Crippen LogP contribution in [0, 0.1) is 0 Å². The van der Waals surface area contributed by atoms with Crippen LogP contribution in [-0.2, 0) is 0 Å². The molecule has 0 saturated heterocycles. The first kappa shape index (κ1) is 13.0. The van der Waals surface area contributed by atoms with Crippen LogP contribution in [0.2, 0.25) is 5.02 Å². The zero-order chi connectivity index (χ0) is 14.1. The van der Waals surface area contributed by atoms with E-state index in [4.69, 9.17) is 23.2 Å². The molecule has 2 aromatic carbocycles. The maximum atomic E-state index is 11.3. The highest BCUT2D eigenvalue weighted by Gasteiger charge is 2.10. The first-order valence-corrected chi connectivity index (χ1v) is 6.62. The molecule has 98 valence electrons. The van der Waals surface area contributed by atoms with E-state index in [1.54, 1.807) is 30.5 Å². The lowest BCUT2D eigenvalue weighted by atomic mass is 10.1. The predicted octanol–water partition coefficient (Wildman–Crippen LogP) is 4.33. The lowest BCUT2D eigenvalue weighted by Gasteiger charge is -2.04. The van der Waals surface area contributed by atoms with Gasteiger partial charge < -0.3 is 0 Å². The van der Waals surface area contributed by atoms with Crippen molar-refractivity contribution in [2.24, 2.45) is 0 Å². The van der Waals surface area contributed by atoms with Gasteiger partial charge >= 0.3 is 0 Å². The lowest BCUT2D eigenvalue weighted by Crippen LogP contribution is -1.95. The van der Waals surface area contributed by atoms with Crippen molar-refractivity contribution in [3.05, 3.63) is 59.2 Å². The molecular formula is C15H8Cl2N2O. The van der Waals surface area contributed by atoms with Crippen molar-refractivity contribution in [3.8, 4) is 11.4 Å². The minimum atomic E-state index is -0.515. The molecule has 0 bridgehead atoms. The third-order valence-corrected chi connectivity index (χ3v) is 3.40. The number of aromatic nitrogens is 2. The normalized spacial score (nSPS) is 10.7. The van der Waals surface area contributed by atoms with Crippen LogP contribution in [0.15, 0.2) is 48.7 Å².